The van der Waals surface area contributed by atoms with Crippen LogP contribution in [0.2, 0.25) is 0 Å². The van der Waals surface area contributed by atoms with E-state index in [1.807, 2.05) is 0 Å². The molecule has 15 nitrogen and oxygen atoms in total. The van der Waals surface area contributed by atoms with Crippen LogP contribution in [-0.2, 0) is 35.1 Å². The lowest BCUT2D eigenvalue weighted by Gasteiger charge is -2.41. The third-order valence-electron chi connectivity index (χ3n) is 7.83. The Morgan fingerprint density at radius 3 is 2.10 bits per heavy atom. The second-order valence-electron chi connectivity index (χ2n) is 11.1. The van der Waals surface area contributed by atoms with Crippen molar-refractivity contribution in [3.05, 3.63) is 108 Å². The number of carbonyl (C=O) groups excluding carboxylic acids is 4. The van der Waals surface area contributed by atoms with Crippen LogP contribution in [0.15, 0.2) is 91.0 Å². The number of phenolic OH excluding ortho intramolecular Hbond substituents is 1. The lowest BCUT2D eigenvalue weighted by Crippen LogP contribution is -2.62. The summed E-state index contributed by atoms with van der Waals surface area (Å²) in [5.41, 5.74) is -2.79. The van der Waals surface area contributed by atoms with E-state index in [1.165, 1.54) is 36.4 Å². The summed E-state index contributed by atoms with van der Waals surface area (Å²) in [7, 11) is 0. The largest absolute Gasteiger partial charge is 0.508 e. The van der Waals surface area contributed by atoms with E-state index in [0.29, 0.717) is 0 Å². The first-order chi connectivity index (χ1) is 23.4. The molecule has 258 valence electrons. The summed E-state index contributed by atoms with van der Waals surface area (Å²) in [6, 6.07) is 19.2. The molecule has 0 bridgehead atoms. The van der Waals surface area contributed by atoms with E-state index in [-0.39, 0.29) is 28.2 Å². The standard InChI is InChI=1S/C34H32O15/c35-21-11-13-23(20(15-21)16-46-33(43)34(44)25(37)14-12-22(36)29(34)40)47-32-27(39)26(38)28(49-31(42)19-9-5-2-6-10-19)24(48-32)17-45-30(41)18-7-3-1-4-8-18/h1-15,24-29,32,35,37-40,44H,16-17H2/t24-,25-,26-,27-,28-,29-,32-,34-/m1/s1. The molecule has 5 rings (SSSR count). The van der Waals surface area contributed by atoms with E-state index < -0.39 is 85.4 Å². The van der Waals surface area contributed by atoms with Crippen LogP contribution in [0.3, 0.4) is 0 Å². The molecule has 0 unspecified atom stereocenters. The number of rotatable bonds is 10. The fourth-order valence-corrected chi connectivity index (χ4v) is 5.08. The van der Waals surface area contributed by atoms with E-state index in [2.05, 4.69) is 0 Å². The highest BCUT2D eigenvalue weighted by Gasteiger charge is 2.55. The van der Waals surface area contributed by atoms with Gasteiger partial charge >= 0.3 is 17.9 Å². The van der Waals surface area contributed by atoms with Gasteiger partial charge in [-0.05, 0) is 54.6 Å². The smallest absolute Gasteiger partial charge is 0.344 e. The van der Waals surface area contributed by atoms with Crippen LogP contribution in [-0.4, -0.2) is 109 Å². The van der Waals surface area contributed by atoms with Gasteiger partial charge in [-0.1, -0.05) is 36.4 Å². The van der Waals surface area contributed by atoms with Gasteiger partial charge in [0.05, 0.1) is 11.1 Å². The van der Waals surface area contributed by atoms with Crippen LogP contribution in [0.25, 0.3) is 0 Å². The van der Waals surface area contributed by atoms with E-state index in [1.54, 1.807) is 36.4 Å². The molecule has 3 aromatic rings. The lowest BCUT2D eigenvalue weighted by atomic mass is 9.83. The minimum absolute atomic E-state index is 0.0893. The number of aliphatic hydroxyl groups excluding tert-OH is 4. The molecule has 8 atom stereocenters. The van der Waals surface area contributed by atoms with Crippen LogP contribution >= 0.6 is 0 Å². The van der Waals surface area contributed by atoms with Crippen molar-refractivity contribution in [3.8, 4) is 11.5 Å². The van der Waals surface area contributed by atoms with Crippen LogP contribution in [0.1, 0.15) is 26.3 Å². The Morgan fingerprint density at radius 2 is 1.45 bits per heavy atom. The van der Waals surface area contributed by atoms with Crippen molar-refractivity contribution < 1.29 is 73.5 Å². The average molecular weight is 681 g/mol. The first kappa shape index (κ1) is 35.2. The Morgan fingerprint density at radius 1 is 0.816 bits per heavy atom. The molecule has 0 spiro atoms. The normalized spacial score (nSPS) is 27.9. The van der Waals surface area contributed by atoms with Crippen LogP contribution < -0.4 is 4.74 Å². The Balaban J connectivity index is 1.35. The Kier molecular flexibility index (Phi) is 10.7. The number of phenols is 1. The molecule has 0 amide bonds. The molecule has 1 heterocycles. The number of hydrogen-bond donors (Lipinski definition) is 6. The molecule has 0 saturated carbocycles. The fourth-order valence-electron chi connectivity index (χ4n) is 5.08. The molecule has 1 fully saturated rings. The average Bonchev–Trinajstić information content (AvgIpc) is 3.11. The van der Waals surface area contributed by atoms with Gasteiger partial charge in [0.15, 0.2) is 18.0 Å². The second-order valence-corrected chi connectivity index (χ2v) is 11.1. The molecule has 1 aliphatic heterocycles. The van der Waals surface area contributed by atoms with Crippen LogP contribution in [0.5, 0.6) is 11.5 Å². The van der Waals surface area contributed by atoms with Gasteiger partial charge in [-0.3, -0.25) is 4.79 Å². The fraction of sp³-hybridized carbons (Fsp3) is 0.294. The van der Waals surface area contributed by atoms with E-state index >= 15 is 0 Å². The van der Waals surface area contributed by atoms with Crippen molar-refractivity contribution in [2.75, 3.05) is 6.61 Å². The number of hydrogen-bond acceptors (Lipinski definition) is 15. The highest BCUT2D eigenvalue weighted by Crippen LogP contribution is 2.32. The van der Waals surface area contributed by atoms with Crippen LogP contribution in [0.4, 0.5) is 0 Å². The SMILES string of the molecule is O=C(OC[C@H]1O[C@@H](Oc2ccc(O)cc2COC(=O)[C@@]2(O)[C@H](O)C=CC(=O)[C@H]2O)[C@H](O)[C@@H](O)[C@@H]1OC(=O)c1ccccc1)c1ccccc1. The number of aromatic hydroxyl groups is 1. The van der Waals surface area contributed by atoms with Gasteiger partial charge in [-0.2, -0.15) is 0 Å². The van der Waals surface area contributed by atoms with Gasteiger partial charge in [0.2, 0.25) is 11.9 Å². The maximum absolute atomic E-state index is 12.9. The molecule has 3 aromatic carbocycles. The first-order valence-electron chi connectivity index (χ1n) is 14.9. The van der Waals surface area contributed by atoms with Gasteiger partial charge in [0, 0.05) is 5.56 Å². The number of ketones is 1. The maximum atomic E-state index is 12.9. The van der Waals surface area contributed by atoms with Gasteiger partial charge in [0.1, 0.15) is 49.1 Å². The zero-order valence-corrected chi connectivity index (χ0v) is 25.5. The molecular weight excluding hydrogens is 648 g/mol. The number of ether oxygens (including phenoxy) is 5. The Bertz CT molecular complexity index is 1690. The molecule has 1 aliphatic carbocycles. The molecule has 0 radical (unpaired) electrons. The number of esters is 3. The minimum Gasteiger partial charge on any atom is -0.508 e. The van der Waals surface area contributed by atoms with Crippen LogP contribution in [0, 0.1) is 0 Å². The van der Waals surface area contributed by atoms with Gasteiger partial charge in [-0.25, -0.2) is 14.4 Å². The first-order valence-corrected chi connectivity index (χ1v) is 14.9. The third kappa shape index (κ3) is 7.62. The molecule has 0 aromatic heterocycles. The van der Waals surface area contributed by atoms with Gasteiger partial charge < -0.3 is 54.3 Å². The van der Waals surface area contributed by atoms with Crippen molar-refractivity contribution in [2.24, 2.45) is 0 Å². The molecule has 49 heavy (non-hydrogen) atoms. The van der Waals surface area contributed by atoms with Crippen molar-refractivity contribution in [2.45, 2.75) is 55.1 Å². The zero-order chi connectivity index (χ0) is 35.3. The highest BCUT2D eigenvalue weighted by atomic mass is 16.7. The van der Waals surface area contributed by atoms with E-state index in [9.17, 15) is 49.8 Å². The van der Waals surface area contributed by atoms with Crippen molar-refractivity contribution in [3.63, 3.8) is 0 Å². The topological polar surface area (TPSA) is 236 Å². The molecular formula is C34H32O15. The predicted molar refractivity (Wildman–Crippen MR) is 163 cm³/mol. The molecule has 6 N–H and O–H groups in total. The van der Waals surface area contributed by atoms with Crippen molar-refractivity contribution in [1.82, 2.24) is 0 Å². The lowest BCUT2D eigenvalue weighted by molar-refractivity contribution is -0.276. The number of aliphatic hydroxyl groups is 5. The van der Waals surface area contributed by atoms with Gasteiger partial charge in [-0.15, -0.1) is 0 Å². The summed E-state index contributed by atoms with van der Waals surface area (Å²) >= 11 is 0. The molecule has 15 heteroatoms. The number of carbonyl (C=O) groups is 4. The van der Waals surface area contributed by atoms with Crippen molar-refractivity contribution >= 4 is 23.7 Å². The summed E-state index contributed by atoms with van der Waals surface area (Å²) in [5, 5.41) is 63.1. The Labute approximate surface area is 278 Å². The second kappa shape index (κ2) is 14.9. The zero-order valence-electron chi connectivity index (χ0n) is 25.5. The van der Waals surface area contributed by atoms with Crippen molar-refractivity contribution in [1.29, 1.82) is 0 Å². The molecule has 1 saturated heterocycles. The minimum atomic E-state index is -3.03. The summed E-state index contributed by atoms with van der Waals surface area (Å²) in [6.07, 6.45) is -11.1. The monoisotopic (exact) mass is 680 g/mol. The number of benzene rings is 3. The van der Waals surface area contributed by atoms with Gasteiger partial charge in [0.25, 0.3) is 0 Å². The Hall–Kier alpha value is -5.16. The molecule has 2 aliphatic rings. The third-order valence-corrected chi connectivity index (χ3v) is 7.83. The summed E-state index contributed by atoms with van der Waals surface area (Å²) < 4.78 is 27.6. The summed E-state index contributed by atoms with van der Waals surface area (Å²) in [6.45, 7) is -1.33. The predicted octanol–water partition coefficient (Wildman–Crippen LogP) is -0.0647. The van der Waals surface area contributed by atoms with E-state index in [0.717, 1.165) is 18.2 Å². The van der Waals surface area contributed by atoms with E-state index in [4.69, 9.17) is 23.7 Å². The summed E-state index contributed by atoms with van der Waals surface area (Å²) in [5.74, 6) is -4.78. The maximum Gasteiger partial charge on any atom is 0.344 e. The quantitative estimate of drug-likeness (QED) is 0.122. The highest BCUT2D eigenvalue weighted by molar-refractivity contribution is 6.01. The summed E-state index contributed by atoms with van der Waals surface area (Å²) in [4.78, 5) is 50.2.